The third-order valence-corrected chi connectivity index (χ3v) is 13.4. The number of hydrogen-bond acceptors (Lipinski definition) is 5. The lowest BCUT2D eigenvalue weighted by molar-refractivity contribution is -0.230. The highest BCUT2D eigenvalue weighted by Crippen LogP contribution is 2.75. The van der Waals surface area contributed by atoms with E-state index in [1.807, 2.05) is 13.8 Å². The maximum atomic E-state index is 12.8. The van der Waals surface area contributed by atoms with E-state index in [9.17, 15) is 35.1 Å². The van der Waals surface area contributed by atoms with E-state index in [0.717, 1.165) is 18.4 Å². The summed E-state index contributed by atoms with van der Waals surface area (Å²) in [6, 6.07) is 0. The second-order valence-corrected chi connectivity index (χ2v) is 14.7. The Morgan fingerprint density at radius 3 is 2.11 bits per heavy atom. The molecule has 10 unspecified atom stereocenters. The van der Waals surface area contributed by atoms with Gasteiger partial charge in [0.15, 0.2) is 0 Å². The van der Waals surface area contributed by atoms with Crippen molar-refractivity contribution in [2.24, 2.45) is 50.2 Å². The molecule has 208 valence electrons. The van der Waals surface area contributed by atoms with E-state index in [2.05, 4.69) is 26.8 Å². The summed E-state index contributed by atoms with van der Waals surface area (Å²) in [6.07, 6.45) is 6.01. The Hall–Kier alpha value is -1.44. The summed E-state index contributed by atoms with van der Waals surface area (Å²) in [7, 11) is 0. The molecule has 0 amide bonds. The number of aliphatic carboxylic acids is 2. The molecule has 0 radical (unpaired) electrons. The van der Waals surface area contributed by atoms with Crippen LogP contribution in [0.5, 0.6) is 0 Å². The molecule has 0 aromatic carbocycles. The molecule has 5 aliphatic rings. The second-order valence-electron chi connectivity index (χ2n) is 14.7. The molecule has 4 fully saturated rings. The van der Waals surface area contributed by atoms with Crippen LogP contribution in [-0.4, -0.2) is 56.3 Å². The number of aliphatic hydroxyl groups is 3. The number of hydrogen-bond donors (Lipinski definition) is 5. The van der Waals surface area contributed by atoms with Crippen LogP contribution in [0.15, 0.2) is 11.6 Å². The molecule has 37 heavy (non-hydrogen) atoms. The fraction of sp³-hybridized carbons (Fsp3) is 0.867. The zero-order chi connectivity index (χ0) is 27.4. The van der Waals surface area contributed by atoms with Gasteiger partial charge < -0.3 is 25.5 Å². The maximum Gasteiger partial charge on any atom is 0.314 e. The SMILES string of the molecule is CC1(C)CCC2(C(=O)O)CCC3(C)C(=CCC4C5(C)CCC(O)C(CO)(C(=O)O)C5CCC43C)C2C1O. The normalized spacial score (nSPS) is 52.5. The van der Waals surface area contributed by atoms with Crippen LogP contribution in [0, 0.1) is 50.2 Å². The monoisotopic (exact) mass is 518 g/mol. The predicted octanol–water partition coefficient (Wildman–Crippen LogP) is 4.24. The van der Waals surface area contributed by atoms with E-state index in [1.165, 1.54) is 0 Å². The summed E-state index contributed by atoms with van der Waals surface area (Å²) < 4.78 is 0. The lowest BCUT2D eigenvalue weighted by Crippen LogP contribution is -2.68. The molecule has 4 saturated carbocycles. The molecule has 0 aromatic rings. The molecule has 0 aliphatic heterocycles. The zero-order valence-corrected chi connectivity index (χ0v) is 23.1. The van der Waals surface area contributed by atoms with Crippen molar-refractivity contribution in [3.8, 4) is 0 Å². The van der Waals surface area contributed by atoms with Gasteiger partial charge in [0, 0.05) is 5.92 Å². The van der Waals surface area contributed by atoms with E-state index >= 15 is 0 Å². The summed E-state index contributed by atoms with van der Waals surface area (Å²) >= 11 is 0. The van der Waals surface area contributed by atoms with Gasteiger partial charge in [0.05, 0.1) is 24.2 Å². The lowest BCUT2D eigenvalue weighted by atomic mass is 9.33. The molecule has 5 aliphatic carbocycles. The van der Waals surface area contributed by atoms with E-state index in [-0.39, 0.29) is 33.5 Å². The van der Waals surface area contributed by atoms with Gasteiger partial charge in [-0.15, -0.1) is 0 Å². The Balaban J connectivity index is 1.63. The number of carbonyl (C=O) groups is 2. The van der Waals surface area contributed by atoms with E-state index in [4.69, 9.17) is 0 Å². The van der Waals surface area contributed by atoms with Gasteiger partial charge in [-0.05, 0) is 91.3 Å². The van der Waals surface area contributed by atoms with Crippen molar-refractivity contribution >= 4 is 11.9 Å². The van der Waals surface area contributed by atoms with Crippen LogP contribution >= 0.6 is 0 Å². The first-order valence-electron chi connectivity index (χ1n) is 14.2. The average Bonchev–Trinajstić information content (AvgIpc) is 2.82. The average molecular weight is 519 g/mol. The van der Waals surface area contributed by atoms with Gasteiger partial charge in [0.1, 0.15) is 5.41 Å². The quantitative estimate of drug-likeness (QED) is 0.353. The molecule has 7 heteroatoms. The first-order chi connectivity index (χ1) is 17.1. The van der Waals surface area contributed by atoms with Crippen molar-refractivity contribution in [2.45, 2.75) is 105 Å². The van der Waals surface area contributed by atoms with Crippen molar-refractivity contribution in [2.75, 3.05) is 6.61 Å². The summed E-state index contributed by atoms with van der Waals surface area (Å²) in [6.45, 7) is 10.3. The minimum atomic E-state index is -1.56. The predicted molar refractivity (Wildman–Crippen MR) is 137 cm³/mol. The molecule has 0 bridgehead atoms. The van der Waals surface area contributed by atoms with Gasteiger partial charge in [-0.3, -0.25) is 9.59 Å². The number of rotatable bonds is 3. The standard InChI is InChI=1S/C30H46O7/c1-25(2)12-14-29(23(34)35)15-13-27(4)17(21(29)22(25)33)6-7-18-26(3)10-9-20(32)30(16-31,24(36)37)19(26)8-11-28(18,27)5/h6,18-22,31-33H,7-16H2,1-5H3,(H,34,35)(H,36,37). The Morgan fingerprint density at radius 1 is 0.865 bits per heavy atom. The minimum Gasteiger partial charge on any atom is -0.481 e. The molecule has 7 nitrogen and oxygen atoms in total. The van der Waals surface area contributed by atoms with Gasteiger partial charge >= 0.3 is 11.9 Å². The van der Waals surface area contributed by atoms with Crippen LogP contribution in [0.3, 0.4) is 0 Å². The number of carboxylic acids is 2. The molecule has 0 aromatic heterocycles. The van der Waals surface area contributed by atoms with Crippen LogP contribution in [0.25, 0.3) is 0 Å². The first-order valence-corrected chi connectivity index (χ1v) is 14.2. The molecule has 5 rings (SSSR count). The van der Waals surface area contributed by atoms with Gasteiger partial charge in [-0.25, -0.2) is 0 Å². The van der Waals surface area contributed by atoms with Crippen LogP contribution in [0.1, 0.15) is 92.4 Å². The topological polar surface area (TPSA) is 135 Å². The van der Waals surface area contributed by atoms with Crippen LogP contribution < -0.4 is 0 Å². The smallest absolute Gasteiger partial charge is 0.314 e. The summed E-state index contributed by atoms with van der Waals surface area (Å²) in [5.41, 5.74) is -2.69. The molecular formula is C30H46O7. The summed E-state index contributed by atoms with van der Waals surface area (Å²) in [4.78, 5) is 25.4. The minimum absolute atomic E-state index is 0.136. The van der Waals surface area contributed by atoms with Crippen molar-refractivity contribution in [3.63, 3.8) is 0 Å². The molecule has 10 atom stereocenters. The van der Waals surface area contributed by atoms with Gasteiger partial charge in [-0.1, -0.05) is 46.3 Å². The lowest BCUT2D eigenvalue weighted by Gasteiger charge is -2.71. The second kappa shape index (κ2) is 8.04. The first kappa shape index (κ1) is 27.1. The summed E-state index contributed by atoms with van der Waals surface area (Å²) in [5, 5.41) is 53.7. The molecule has 0 heterocycles. The molecular weight excluding hydrogens is 472 g/mol. The highest BCUT2D eigenvalue weighted by molar-refractivity contribution is 5.77. The Kier molecular flexibility index (Phi) is 5.90. The van der Waals surface area contributed by atoms with Crippen molar-refractivity contribution in [3.05, 3.63) is 11.6 Å². The third-order valence-electron chi connectivity index (χ3n) is 13.4. The van der Waals surface area contributed by atoms with Crippen LogP contribution in [0.4, 0.5) is 0 Å². The van der Waals surface area contributed by atoms with E-state index in [0.29, 0.717) is 44.9 Å². The molecule has 0 saturated heterocycles. The largest absolute Gasteiger partial charge is 0.481 e. The fourth-order valence-electron chi connectivity index (χ4n) is 10.7. The highest BCUT2D eigenvalue weighted by atomic mass is 16.4. The zero-order valence-electron chi connectivity index (χ0n) is 23.1. The van der Waals surface area contributed by atoms with Crippen molar-refractivity contribution in [1.82, 2.24) is 0 Å². The van der Waals surface area contributed by atoms with Crippen LogP contribution in [-0.2, 0) is 9.59 Å². The highest BCUT2D eigenvalue weighted by Gasteiger charge is 2.72. The van der Waals surface area contributed by atoms with Crippen molar-refractivity contribution < 1.29 is 35.1 Å². The van der Waals surface area contributed by atoms with Crippen molar-refractivity contribution in [1.29, 1.82) is 0 Å². The maximum absolute atomic E-state index is 12.8. The van der Waals surface area contributed by atoms with Gasteiger partial charge in [-0.2, -0.15) is 0 Å². The van der Waals surface area contributed by atoms with Gasteiger partial charge in [0.2, 0.25) is 0 Å². The Labute approximate surface area is 220 Å². The number of allylic oxidation sites excluding steroid dienone is 1. The van der Waals surface area contributed by atoms with E-state index < -0.39 is 47.5 Å². The van der Waals surface area contributed by atoms with Gasteiger partial charge in [0.25, 0.3) is 0 Å². The number of carboxylic acid groups (broad SMARTS) is 2. The Morgan fingerprint density at radius 2 is 1.51 bits per heavy atom. The summed E-state index contributed by atoms with van der Waals surface area (Å²) in [5.74, 6) is -2.55. The fourth-order valence-corrected chi connectivity index (χ4v) is 10.7. The third kappa shape index (κ3) is 3.05. The number of aliphatic hydroxyl groups excluding tert-OH is 3. The Bertz CT molecular complexity index is 1030. The molecule has 5 N–H and O–H groups in total. The molecule has 0 spiro atoms. The van der Waals surface area contributed by atoms with Crippen LogP contribution in [0.2, 0.25) is 0 Å². The van der Waals surface area contributed by atoms with E-state index in [1.54, 1.807) is 0 Å². The number of fused-ring (bicyclic) bond motifs is 7.